The lowest BCUT2D eigenvalue weighted by Crippen LogP contribution is -2.43. The van der Waals surface area contributed by atoms with Gasteiger partial charge in [0.15, 0.2) is 0 Å². The highest BCUT2D eigenvalue weighted by Crippen LogP contribution is 2.27. The van der Waals surface area contributed by atoms with Crippen molar-refractivity contribution in [1.82, 2.24) is 9.80 Å². The summed E-state index contributed by atoms with van der Waals surface area (Å²) >= 11 is 3.45. The van der Waals surface area contributed by atoms with Crippen LogP contribution in [-0.2, 0) is 9.53 Å². The number of nitrogens with one attached hydrogen (secondary N) is 1. The molecule has 1 aromatic rings. The minimum atomic E-state index is -0.103. The van der Waals surface area contributed by atoms with Gasteiger partial charge in [0.1, 0.15) is 0 Å². The Kier molecular flexibility index (Phi) is 6.89. The minimum Gasteiger partial charge on any atom is -0.379 e. The van der Waals surface area contributed by atoms with Crippen molar-refractivity contribution in [2.45, 2.75) is 20.3 Å². The second kappa shape index (κ2) is 9.17. The van der Waals surface area contributed by atoms with Crippen molar-refractivity contribution in [3.05, 3.63) is 28.2 Å². The van der Waals surface area contributed by atoms with Crippen LogP contribution in [0, 0.1) is 11.8 Å². The van der Waals surface area contributed by atoms with Gasteiger partial charge in [-0.3, -0.25) is 14.5 Å². The molecular formula is C20H28BrN3O3. The molecule has 3 rings (SSSR count). The van der Waals surface area contributed by atoms with E-state index in [4.69, 9.17) is 4.74 Å². The smallest absolute Gasteiger partial charge is 0.256 e. The first-order chi connectivity index (χ1) is 12.9. The van der Waals surface area contributed by atoms with E-state index in [1.807, 2.05) is 11.0 Å². The van der Waals surface area contributed by atoms with Gasteiger partial charge < -0.3 is 15.0 Å². The molecule has 2 saturated heterocycles. The lowest BCUT2D eigenvalue weighted by Gasteiger charge is -2.35. The number of piperidine rings is 1. The van der Waals surface area contributed by atoms with Crippen molar-refractivity contribution in [1.29, 1.82) is 0 Å². The summed E-state index contributed by atoms with van der Waals surface area (Å²) in [6, 6.07) is 5.45. The average molecular weight is 438 g/mol. The maximum Gasteiger partial charge on any atom is 0.256 e. The van der Waals surface area contributed by atoms with Crippen molar-refractivity contribution in [3.8, 4) is 0 Å². The molecule has 0 unspecified atom stereocenters. The fraction of sp³-hybridized carbons (Fsp3) is 0.600. The molecular weight excluding hydrogens is 410 g/mol. The van der Waals surface area contributed by atoms with E-state index in [2.05, 4.69) is 40.0 Å². The van der Waals surface area contributed by atoms with Crippen LogP contribution in [0.25, 0.3) is 0 Å². The summed E-state index contributed by atoms with van der Waals surface area (Å²) in [4.78, 5) is 29.6. The number of halogens is 1. The molecule has 148 valence electrons. The molecule has 0 radical (unpaired) electrons. The SMILES string of the molecule is C[C@@H]1C[C@H](C)CN(C(=O)c2cc(Br)ccc2NC(=O)CN2CCOCC2)C1. The Morgan fingerprint density at radius 2 is 1.85 bits per heavy atom. The van der Waals surface area contributed by atoms with Gasteiger partial charge in [-0.1, -0.05) is 29.8 Å². The predicted octanol–water partition coefficient (Wildman–Crippen LogP) is 2.84. The Morgan fingerprint density at radius 3 is 2.52 bits per heavy atom. The van der Waals surface area contributed by atoms with Crippen LogP contribution >= 0.6 is 15.9 Å². The molecule has 2 atom stereocenters. The first-order valence-corrected chi connectivity index (χ1v) is 10.4. The molecule has 7 heteroatoms. The Balaban J connectivity index is 1.72. The monoisotopic (exact) mass is 437 g/mol. The van der Waals surface area contributed by atoms with E-state index in [9.17, 15) is 9.59 Å². The Bertz CT molecular complexity index is 681. The van der Waals surface area contributed by atoms with Crippen LogP contribution in [-0.4, -0.2) is 67.6 Å². The maximum atomic E-state index is 13.2. The summed E-state index contributed by atoms with van der Waals surface area (Å²) in [5.74, 6) is 0.860. The number of nitrogens with zero attached hydrogens (tertiary/aromatic N) is 2. The van der Waals surface area contributed by atoms with Gasteiger partial charge in [0.05, 0.1) is 31.0 Å². The molecule has 0 spiro atoms. The fourth-order valence-electron chi connectivity index (χ4n) is 3.95. The molecule has 2 aliphatic heterocycles. The van der Waals surface area contributed by atoms with Gasteiger partial charge in [-0.05, 0) is 36.5 Å². The topological polar surface area (TPSA) is 61.9 Å². The van der Waals surface area contributed by atoms with Crippen LogP contribution < -0.4 is 5.32 Å². The standard InChI is InChI=1S/C20H28BrN3O3/c1-14-9-15(2)12-24(11-14)20(26)17-10-16(21)3-4-18(17)22-19(25)13-23-5-7-27-8-6-23/h3-4,10,14-15H,5-9,11-13H2,1-2H3,(H,22,25)/t14-,15+. The molecule has 27 heavy (non-hydrogen) atoms. The zero-order valence-corrected chi connectivity index (χ0v) is 17.6. The van der Waals surface area contributed by atoms with E-state index in [-0.39, 0.29) is 11.8 Å². The van der Waals surface area contributed by atoms with Crippen LogP contribution in [0.1, 0.15) is 30.6 Å². The normalized spacial score (nSPS) is 23.9. The summed E-state index contributed by atoms with van der Waals surface area (Å²) < 4.78 is 6.15. The number of anilines is 1. The number of rotatable bonds is 4. The highest BCUT2D eigenvalue weighted by molar-refractivity contribution is 9.10. The zero-order chi connectivity index (χ0) is 19.4. The first-order valence-electron chi connectivity index (χ1n) is 9.61. The van der Waals surface area contributed by atoms with Gasteiger partial charge in [-0.15, -0.1) is 0 Å². The van der Waals surface area contributed by atoms with E-state index >= 15 is 0 Å². The molecule has 1 N–H and O–H groups in total. The number of carbonyl (C=O) groups is 2. The second-order valence-electron chi connectivity index (χ2n) is 7.78. The van der Waals surface area contributed by atoms with Crippen molar-refractivity contribution >= 4 is 33.4 Å². The van der Waals surface area contributed by atoms with Crippen molar-refractivity contribution in [2.24, 2.45) is 11.8 Å². The van der Waals surface area contributed by atoms with Gasteiger partial charge in [-0.25, -0.2) is 0 Å². The van der Waals surface area contributed by atoms with Gasteiger partial charge in [-0.2, -0.15) is 0 Å². The largest absolute Gasteiger partial charge is 0.379 e. The van der Waals surface area contributed by atoms with Crippen molar-refractivity contribution in [3.63, 3.8) is 0 Å². The van der Waals surface area contributed by atoms with E-state index in [1.165, 1.54) is 0 Å². The first kappa shape index (κ1) is 20.3. The van der Waals surface area contributed by atoms with Gasteiger partial charge >= 0.3 is 0 Å². The molecule has 6 nitrogen and oxygen atoms in total. The second-order valence-corrected chi connectivity index (χ2v) is 8.70. The van der Waals surface area contributed by atoms with E-state index in [0.717, 1.165) is 37.1 Å². The number of carbonyl (C=O) groups excluding carboxylic acids is 2. The number of hydrogen-bond acceptors (Lipinski definition) is 4. The minimum absolute atomic E-state index is 0.0172. The Hall–Kier alpha value is -1.44. The molecule has 2 fully saturated rings. The number of amides is 2. The Labute approximate surface area is 169 Å². The van der Waals surface area contributed by atoms with Gasteiger partial charge in [0.2, 0.25) is 5.91 Å². The number of ether oxygens (including phenoxy) is 1. The van der Waals surface area contributed by atoms with Crippen molar-refractivity contribution < 1.29 is 14.3 Å². The third-order valence-corrected chi connectivity index (χ3v) is 5.61. The van der Waals surface area contributed by atoms with Crippen LogP contribution in [0.3, 0.4) is 0 Å². The zero-order valence-electron chi connectivity index (χ0n) is 16.0. The predicted molar refractivity (Wildman–Crippen MR) is 109 cm³/mol. The third kappa shape index (κ3) is 5.53. The van der Waals surface area contributed by atoms with Gasteiger partial charge in [0, 0.05) is 30.7 Å². The summed E-state index contributed by atoms with van der Waals surface area (Å²) in [7, 11) is 0. The average Bonchev–Trinajstić information content (AvgIpc) is 2.62. The summed E-state index contributed by atoms with van der Waals surface area (Å²) in [6.45, 7) is 9.01. The highest BCUT2D eigenvalue weighted by atomic mass is 79.9. The molecule has 0 aliphatic carbocycles. The fourth-order valence-corrected chi connectivity index (χ4v) is 4.31. The number of hydrogen-bond donors (Lipinski definition) is 1. The summed E-state index contributed by atoms with van der Waals surface area (Å²) in [5, 5.41) is 2.94. The van der Waals surface area contributed by atoms with Crippen molar-refractivity contribution in [2.75, 3.05) is 51.3 Å². The van der Waals surface area contributed by atoms with E-state index < -0.39 is 0 Å². The van der Waals surface area contributed by atoms with Crippen LogP contribution in [0.2, 0.25) is 0 Å². The Morgan fingerprint density at radius 1 is 1.19 bits per heavy atom. The molecule has 0 aromatic heterocycles. The summed E-state index contributed by atoms with van der Waals surface area (Å²) in [5.41, 5.74) is 1.12. The number of morpholine rings is 1. The molecule has 0 bridgehead atoms. The molecule has 0 saturated carbocycles. The van der Waals surface area contributed by atoms with Crippen LogP contribution in [0.5, 0.6) is 0 Å². The number of benzene rings is 1. The molecule has 1 aromatic carbocycles. The third-order valence-electron chi connectivity index (χ3n) is 5.11. The quantitative estimate of drug-likeness (QED) is 0.786. The van der Waals surface area contributed by atoms with Crippen LogP contribution in [0.4, 0.5) is 5.69 Å². The molecule has 2 amide bonds. The molecule has 2 aliphatic rings. The lowest BCUT2D eigenvalue weighted by atomic mass is 9.91. The van der Waals surface area contributed by atoms with Gasteiger partial charge in [0.25, 0.3) is 5.91 Å². The maximum absolute atomic E-state index is 13.2. The molecule has 2 heterocycles. The lowest BCUT2D eigenvalue weighted by molar-refractivity contribution is -0.118. The number of likely N-dealkylation sites (tertiary alicyclic amines) is 1. The van der Waals surface area contributed by atoms with E-state index in [0.29, 0.717) is 42.8 Å². The van der Waals surface area contributed by atoms with E-state index in [1.54, 1.807) is 12.1 Å². The summed E-state index contributed by atoms with van der Waals surface area (Å²) in [6.07, 6.45) is 1.14. The highest BCUT2D eigenvalue weighted by Gasteiger charge is 2.28. The van der Waals surface area contributed by atoms with Crippen LogP contribution in [0.15, 0.2) is 22.7 Å².